The average molecular weight is 245 g/mol. The van der Waals surface area contributed by atoms with Crippen LogP contribution in [0, 0.1) is 0 Å². The summed E-state index contributed by atoms with van der Waals surface area (Å²) in [4.78, 5) is -0.147. The van der Waals surface area contributed by atoms with Crippen molar-refractivity contribution in [3.63, 3.8) is 0 Å². The van der Waals surface area contributed by atoms with Gasteiger partial charge in [0.1, 0.15) is 0 Å². The van der Waals surface area contributed by atoms with Crippen LogP contribution in [0.5, 0.6) is 5.75 Å². The van der Waals surface area contributed by atoms with Gasteiger partial charge in [0, 0.05) is 0 Å². The molecule has 0 aliphatic rings. The van der Waals surface area contributed by atoms with Gasteiger partial charge in [0.2, 0.25) is 10.0 Å². The zero-order valence-electron chi connectivity index (χ0n) is 8.67. The Balaban J connectivity index is 0.00000128. The zero-order valence-corrected chi connectivity index (χ0v) is 11.5. The van der Waals surface area contributed by atoms with Crippen LogP contribution in [0.25, 0.3) is 10.8 Å². The quantitative estimate of drug-likeness (QED) is 0.567. The standard InChI is InChI=1S/C10H9NO3S.Na/c11-15(13,14)8-5-7-3-1-2-4-9(7)10(12)6-8;/h1-6,12H,(H2,11,13,14);/q;+1/p-1. The van der Waals surface area contributed by atoms with Crippen molar-refractivity contribution in [2.75, 3.05) is 0 Å². The number of nitrogens with two attached hydrogens (primary N) is 1. The van der Waals surface area contributed by atoms with Gasteiger partial charge in [-0.25, -0.2) is 13.6 Å². The van der Waals surface area contributed by atoms with Gasteiger partial charge < -0.3 is 5.11 Å². The molecular weight excluding hydrogens is 237 g/mol. The summed E-state index contributed by atoms with van der Waals surface area (Å²) in [6, 6.07) is 9.20. The Morgan fingerprint density at radius 2 is 1.75 bits per heavy atom. The molecule has 0 aliphatic carbocycles. The Morgan fingerprint density at radius 1 is 1.12 bits per heavy atom. The third-order valence-corrected chi connectivity index (χ3v) is 3.02. The van der Waals surface area contributed by atoms with Gasteiger partial charge in [-0.15, -0.1) is 0 Å². The first-order chi connectivity index (χ1) is 6.98. The normalized spacial score (nSPS) is 11.1. The minimum atomic E-state index is -3.82. The average Bonchev–Trinajstić information content (AvgIpc) is 2.16. The minimum absolute atomic E-state index is 0. The molecule has 0 fully saturated rings. The minimum Gasteiger partial charge on any atom is -0.872 e. The van der Waals surface area contributed by atoms with Gasteiger partial charge in [0.25, 0.3) is 0 Å². The van der Waals surface area contributed by atoms with E-state index < -0.39 is 10.0 Å². The first-order valence-electron chi connectivity index (χ1n) is 4.21. The van der Waals surface area contributed by atoms with Crippen molar-refractivity contribution in [2.24, 2.45) is 5.14 Å². The van der Waals surface area contributed by atoms with E-state index in [-0.39, 0.29) is 40.2 Å². The number of hydrogen-bond acceptors (Lipinski definition) is 3. The fraction of sp³-hybridized carbons (Fsp3) is 0. The van der Waals surface area contributed by atoms with Crippen LogP contribution in [0.3, 0.4) is 0 Å². The molecule has 0 radical (unpaired) electrons. The summed E-state index contributed by atoms with van der Waals surface area (Å²) < 4.78 is 22.1. The fourth-order valence-electron chi connectivity index (χ4n) is 1.41. The maximum absolute atomic E-state index is 11.5. The summed E-state index contributed by atoms with van der Waals surface area (Å²) in [5, 5.41) is 17.5. The molecule has 2 N–H and O–H groups in total. The van der Waals surface area contributed by atoms with Crippen LogP contribution in [0.1, 0.15) is 0 Å². The SMILES string of the molecule is NS(=O)(=O)c1cc([O-])c2ccccc2c1.[Na+]. The molecule has 0 saturated heterocycles. The van der Waals surface area contributed by atoms with Crippen LogP contribution >= 0.6 is 0 Å². The van der Waals surface area contributed by atoms with Crippen LogP contribution in [-0.4, -0.2) is 8.42 Å². The predicted molar refractivity (Wildman–Crippen MR) is 54.8 cm³/mol. The molecule has 0 aromatic heterocycles. The summed E-state index contributed by atoms with van der Waals surface area (Å²) >= 11 is 0. The third kappa shape index (κ3) is 2.56. The molecule has 78 valence electrons. The third-order valence-electron chi connectivity index (χ3n) is 2.13. The predicted octanol–water partition coefficient (Wildman–Crippen LogP) is -2.44. The molecular formula is C10H8NNaO3S. The Labute approximate surface area is 115 Å². The van der Waals surface area contributed by atoms with Gasteiger partial charge >= 0.3 is 29.6 Å². The summed E-state index contributed by atoms with van der Waals surface area (Å²) in [5.74, 6) is -0.336. The van der Waals surface area contributed by atoms with Crippen LogP contribution in [0.2, 0.25) is 0 Å². The first-order valence-corrected chi connectivity index (χ1v) is 5.76. The van der Waals surface area contributed by atoms with Gasteiger partial charge in [-0.1, -0.05) is 30.0 Å². The Bertz CT molecular complexity index is 625. The van der Waals surface area contributed by atoms with Crippen LogP contribution in [0.4, 0.5) is 0 Å². The number of fused-ring (bicyclic) bond motifs is 1. The largest absolute Gasteiger partial charge is 1.00 e. The monoisotopic (exact) mass is 245 g/mol. The van der Waals surface area contributed by atoms with Gasteiger partial charge in [-0.2, -0.15) is 0 Å². The molecule has 0 aliphatic heterocycles. The number of sulfonamides is 1. The van der Waals surface area contributed by atoms with Crippen molar-refractivity contribution in [1.29, 1.82) is 0 Å². The molecule has 16 heavy (non-hydrogen) atoms. The van der Waals surface area contributed by atoms with Crippen molar-refractivity contribution >= 4 is 20.8 Å². The zero-order chi connectivity index (χ0) is 11.1. The van der Waals surface area contributed by atoms with Gasteiger partial charge in [0.05, 0.1) is 4.90 Å². The molecule has 0 saturated carbocycles. The van der Waals surface area contributed by atoms with E-state index in [1.54, 1.807) is 24.3 Å². The van der Waals surface area contributed by atoms with E-state index in [9.17, 15) is 13.5 Å². The Kier molecular flexibility index (Phi) is 3.98. The molecule has 0 bridgehead atoms. The van der Waals surface area contributed by atoms with E-state index in [2.05, 4.69) is 0 Å². The van der Waals surface area contributed by atoms with Gasteiger partial charge in [-0.3, -0.25) is 0 Å². The molecule has 4 nitrogen and oxygen atoms in total. The second-order valence-electron chi connectivity index (χ2n) is 3.19. The van der Waals surface area contributed by atoms with E-state index in [1.165, 1.54) is 6.07 Å². The van der Waals surface area contributed by atoms with E-state index >= 15 is 0 Å². The molecule has 0 spiro atoms. The molecule has 2 aromatic rings. The molecule has 2 rings (SSSR count). The second kappa shape index (κ2) is 4.73. The number of benzene rings is 2. The summed E-state index contributed by atoms with van der Waals surface area (Å²) in [6.45, 7) is 0. The van der Waals surface area contributed by atoms with Crippen LogP contribution < -0.4 is 39.8 Å². The van der Waals surface area contributed by atoms with Crippen molar-refractivity contribution < 1.29 is 43.1 Å². The van der Waals surface area contributed by atoms with E-state index in [0.717, 1.165) is 6.07 Å². The van der Waals surface area contributed by atoms with Crippen LogP contribution in [0.15, 0.2) is 41.3 Å². The van der Waals surface area contributed by atoms with E-state index in [1.807, 2.05) is 0 Å². The maximum atomic E-state index is 11.5. The Hall–Kier alpha value is -0.590. The molecule has 6 heteroatoms. The molecule has 0 unspecified atom stereocenters. The van der Waals surface area contributed by atoms with Gasteiger partial charge in [-0.05, 0) is 22.9 Å². The maximum Gasteiger partial charge on any atom is 1.00 e. The molecule has 0 atom stereocenters. The number of hydrogen-bond donors (Lipinski definition) is 1. The number of primary sulfonamides is 1. The topological polar surface area (TPSA) is 83.2 Å². The van der Waals surface area contributed by atoms with Crippen molar-refractivity contribution in [3.05, 3.63) is 36.4 Å². The molecule has 0 amide bonds. The summed E-state index contributed by atoms with van der Waals surface area (Å²) in [7, 11) is -3.82. The Morgan fingerprint density at radius 3 is 2.38 bits per heavy atom. The van der Waals surface area contributed by atoms with Crippen molar-refractivity contribution in [1.82, 2.24) is 0 Å². The first kappa shape index (κ1) is 13.5. The van der Waals surface area contributed by atoms with E-state index in [0.29, 0.717) is 10.8 Å². The van der Waals surface area contributed by atoms with E-state index in [4.69, 9.17) is 5.14 Å². The summed E-state index contributed by atoms with van der Waals surface area (Å²) in [5.41, 5.74) is 0. The molecule has 2 aromatic carbocycles. The van der Waals surface area contributed by atoms with Crippen LogP contribution in [-0.2, 0) is 10.0 Å². The smallest absolute Gasteiger partial charge is 0.872 e. The fourth-order valence-corrected chi connectivity index (χ4v) is 1.98. The van der Waals surface area contributed by atoms with Gasteiger partial charge in [0.15, 0.2) is 0 Å². The van der Waals surface area contributed by atoms with Crippen molar-refractivity contribution in [3.8, 4) is 5.75 Å². The second-order valence-corrected chi connectivity index (χ2v) is 4.75. The number of rotatable bonds is 1. The van der Waals surface area contributed by atoms with Crippen molar-refractivity contribution in [2.45, 2.75) is 4.90 Å². The molecule has 0 heterocycles. The summed E-state index contributed by atoms with van der Waals surface area (Å²) in [6.07, 6.45) is 0.